The van der Waals surface area contributed by atoms with Gasteiger partial charge in [0.1, 0.15) is 11.4 Å². The topological polar surface area (TPSA) is 29.1 Å². The molecule has 0 spiro atoms. The molecule has 2 aromatic carbocycles. The second kappa shape index (κ2) is 5.88. The number of hydrogen-bond donors (Lipinski definition) is 1. The van der Waals surface area contributed by atoms with E-state index in [1.807, 2.05) is 0 Å². The minimum Gasteiger partial charge on any atom is -0.319 e. The van der Waals surface area contributed by atoms with Gasteiger partial charge in [-0.15, -0.1) is 0 Å². The molecule has 0 aliphatic rings. The van der Waals surface area contributed by atoms with Crippen LogP contribution >= 0.6 is 11.6 Å². The summed E-state index contributed by atoms with van der Waals surface area (Å²) in [6.45, 7) is 0. The van der Waals surface area contributed by atoms with Crippen molar-refractivity contribution in [2.75, 3.05) is 5.32 Å². The maximum absolute atomic E-state index is 13.5. The number of carbonyl (C=O) groups is 1. The van der Waals surface area contributed by atoms with Crippen molar-refractivity contribution >= 4 is 23.2 Å². The van der Waals surface area contributed by atoms with E-state index in [0.717, 1.165) is 18.2 Å². The zero-order chi connectivity index (χ0) is 16.6. The van der Waals surface area contributed by atoms with Crippen LogP contribution in [0.25, 0.3) is 0 Å². The van der Waals surface area contributed by atoms with Crippen LogP contribution in [0.1, 0.15) is 10.4 Å². The van der Waals surface area contributed by atoms with Crippen LogP contribution in [0.15, 0.2) is 18.2 Å². The molecule has 2 rings (SSSR count). The van der Waals surface area contributed by atoms with Crippen LogP contribution in [0.3, 0.4) is 0 Å². The molecule has 0 heterocycles. The van der Waals surface area contributed by atoms with E-state index in [1.165, 1.54) is 0 Å². The van der Waals surface area contributed by atoms with Crippen LogP contribution in [-0.4, -0.2) is 5.91 Å². The Labute approximate surface area is 124 Å². The maximum Gasteiger partial charge on any atom is 0.261 e. The summed E-state index contributed by atoms with van der Waals surface area (Å²) < 4.78 is 79.2. The minimum atomic E-state index is -2.40. The molecule has 1 N–H and O–H groups in total. The predicted molar refractivity (Wildman–Crippen MR) is 65.6 cm³/mol. The highest BCUT2D eigenvalue weighted by molar-refractivity contribution is 6.30. The molecule has 2 nitrogen and oxygen atoms in total. The van der Waals surface area contributed by atoms with Gasteiger partial charge in [0.25, 0.3) is 5.91 Å². The first-order valence-corrected chi connectivity index (χ1v) is 5.89. The van der Waals surface area contributed by atoms with Crippen molar-refractivity contribution in [3.63, 3.8) is 0 Å². The maximum atomic E-state index is 13.5. The lowest BCUT2D eigenvalue weighted by Gasteiger charge is -2.10. The molecule has 0 saturated carbocycles. The van der Waals surface area contributed by atoms with Gasteiger partial charge in [-0.3, -0.25) is 4.79 Å². The quantitative estimate of drug-likeness (QED) is 0.489. The van der Waals surface area contributed by atoms with Gasteiger partial charge < -0.3 is 5.32 Å². The Balaban J connectivity index is 2.46. The first-order chi connectivity index (χ1) is 10.2. The van der Waals surface area contributed by atoms with Crippen molar-refractivity contribution in [3.05, 3.63) is 63.7 Å². The molecule has 0 fully saturated rings. The zero-order valence-electron chi connectivity index (χ0n) is 10.3. The minimum absolute atomic E-state index is 0.0215. The van der Waals surface area contributed by atoms with Gasteiger partial charge in [0, 0.05) is 5.02 Å². The number of halogens is 7. The van der Waals surface area contributed by atoms with E-state index >= 15 is 0 Å². The summed E-state index contributed by atoms with van der Waals surface area (Å²) in [6.07, 6.45) is 0. The standard InChI is InChI=1S/C13H4ClF6NO/c14-4-1-2-6(5(15)3-4)21-13(22)7-8(16)10(18)12(20)11(19)9(7)17/h1-3H,(H,21,22). The number of anilines is 1. The monoisotopic (exact) mass is 339 g/mol. The van der Waals surface area contributed by atoms with Gasteiger partial charge in [-0.05, 0) is 18.2 Å². The second-order valence-electron chi connectivity index (χ2n) is 4.02. The Morgan fingerprint density at radius 1 is 0.864 bits per heavy atom. The van der Waals surface area contributed by atoms with Crippen LogP contribution in [0.2, 0.25) is 5.02 Å². The first-order valence-electron chi connectivity index (χ1n) is 5.52. The number of nitrogens with one attached hydrogen (secondary N) is 1. The van der Waals surface area contributed by atoms with Crippen molar-refractivity contribution in [2.45, 2.75) is 0 Å². The van der Waals surface area contributed by atoms with Crippen LogP contribution in [0.4, 0.5) is 32.0 Å². The molecule has 2 aromatic rings. The molecule has 116 valence electrons. The van der Waals surface area contributed by atoms with Gasteiger partial charge in [0.05, 0.1) is 5.69 Å². The highest BCUT2D eigenvalue weighted by atomic mass is 35.5. The van der Waals surface area contributed by atoms with Crippen molar-refractivity contribution in [3.8, 4) is 0 Å². The lowest BCUT2D eigenvalue weighted by Crippen LogP contribution is -2.19. The van der Waals surface area contributed by atoms with Crippen LogP contribution in [-0.2, 0) is 0 Å². The van der Waals surface area contributed by atoms with E-state index in [0.29, 0.717) is 0 Å². The third kappa shape index (κ3) is 2.74. The molecule has 0 saturated heterocycles. The number of benzene rings is 2. The third-order valence-electron chi connectivity index (χ3n) is 2.62. The zero-order valence-corrected chi connectivity index (χ0v) is 11.0. The molecule has 0 aromatic heterocycles. The van der Waals surface area contributed by atoms with E-state index in [1.54, 1.807) is 5.32 Å². The Bertz CT molecular complexity index is 751. The lowest BCUT2D eigenvalue weighted by atomic mass is 10.1. The van der Waals surface area contributed by atoms with Crippen molar-refractivity contribution in [2.24, 2.45) is 0 Å². The molecule has 0 bridgehead atoms. The summed E-state index contributed by atoms with van der Waals surface area (Å²) in [4.78, 5) is 11.7. The van der Waals surface area contributed by atoms with Gasteiger partial charge in [-0.1, -0.05) is 11.6 Å². The first kappa shape index (κ1) is 16.2. The Morgan fingerprint density at radius 3 is 1.86 bits per heavy atom. The van der Waals surface area contributed by atoms with Gasteiger partial charge in [-0.25, -0.2) is 26.3 Å². The molecule has 0 aliphatic heterocycles. The summed E-state index contributed by atoms with van der Waals surface area (Å²) in [5, 5.41) is 1.68. The number of carbonyl (C=O) groups excluding carboxylic acids is 1. The largest absolute Gasteiger partial charge is 0.319 e. The molecule has 9 heteroatoms. The fourth-order valence-electron chi connectivity index (χ4n) is 1.58. The summed E-state index contributed by atoms with van der Waals surface area (Å²) in [5.74, 6) is -14.3. The van der Waals surface area contributed by atoms with Crippen LogP contribution in [0.5, 0.6) is 0 Å². The van der Waals surface area contributed by atoms with Gasteiger partial charge in [0.2, 0.25) is 5.82 Å². The summed E-state index contributed by atoms with van der Waals surface area (Å²) in [6, 6.07) is 2.90. The highest BCUT2D eigenvalue weighted by Crippen LogP contribution is 2.25. The fraction of sp³-hybridized carbons (Fsp3) is 0. The highest BCUT2D eigenvalue weighted by Gasteiger charge is 2.30. The van der Waals surface area contributed by atoms with Crippen molar-refractivity contribution < 1.29 is 31.1 Å². The molecular weight excluding hydrogens is 336 g/mol. The number of rotatable bonds is 2. The van der Waals surface area contributed by atoms with E-state index in [-0.39, 0.29) is 5.02 Å². The summed E-state index contributed by atoms with van der Waals surface area (Å²) >= 11 is 5.47. The van der Waals surface area contributed by atoms with E-state index in [9.17, 15) is 31.1 Å². The van der Waals surface area contributed by atoms with Gasteiger partial charge in [-0.2, -0.15) is 0 Å². The van der Waals surface area contributed by atoms with E-state index in [4.69, 9.17) is 11.6 Å². The van der Waals surface area contributed by atoms with E-state index in [2.05, 4.69) is 0 Å². The molecule has 22 heavy (non-hydrogen) atoms. The van der Waals surface area contributed by atoms with Gasteiger partial charge in [0.15, 0.2) is 23.3 Å². The smallest absolute Gasteiger partial charge is 0.261 e. The molecule has 0 atom stereocenters. The molecular formula is C13H4ClF6NO. The Hall–Kier alpha value is -2.22. The van der Waals surface area contributed by atoms with Crippen molar-refractivity contribution in [1.82, 2.24) is 0 Å². The molecule has 1 amide bonds. The van der Waals surface area contributed by atoms with Crippen molar-refractivity contribution in [1.29, 1.82) is 0 Å². The third-order valence-corrected chi connectivity index (χ3v) is 2.85. The Morgan fingerprint density at radius 2 is 1.36 bits per heavy atom. The SMILES string of the molecule is O=C(Nc1ccc(Cl)cc1F)c1c(F)c(F)c(F)c(F)c1F. The average molecular weight is 340 g/mol. The van der Waals surface area contributed by atoms with Crippen LogP contribution in [0, 0.1) is 34.9 Å². The molecule has 0 radical (unpaired) electrons. The normalized spacial score (nSPS) is 10.7. The summed E-state index contributed by atoms with van der Waals surface area (Å²) in [5.41, 5.74) is -2.26. The number of hydrogen-bond acceptors (Lipinski definition) is 1. The predicted octanol–water partition coefficient (Wildman–Crippen LogP) is 4.43. The average Bonchev–Trinajstić information content (AvgIpc) is 2.46. The lowest BCUT2D eigenvalue weighted by molar-refractivity contribution is 0.101. The van der Waals surface area contributed by atoms with Gasteiger partial charge >= 0.3 is 0 Å². The Kier molecular flexibility index (Phi) is 4.32. The second-order valence-corrected chi connectivity index (χ2v) is 4.46. The fourth-order valence-corrected chi connectivity index (χ4v) is 1.74. The van der Waals surface area contributed by atoms with E-state index < -0.39 is 52.1 Å². The molecule has 0 unspecified atom stereocenters. The van der Waals surface area contributed by atoms with Crippen LogP contribution < -0.4 is 5.32 Å². The molecule has 0 aliphatic carbocycles. The summed E-state index contributed by atoms with van der Waals surface area (Å²) in [7, 11) is 0. The number of amides is 1.